The van der Waals surface area contributed by atoms with Crippen molar-refractivity contribution >= 4 is 28.8 Å². The second-order valence-corrected chi connectivity index (χ2v) is 8.49. The number of benzene rings is 2. The van der Waals surface area contributed by atoms with Crippen LogP contribution in [0.5, 0.6) is 0 Å². The average molecular weight is 395 g/mol. The number of nitrogens with one attached hydrogen (secondary N) is 1. The van der Waals surface area contributed by atoms with Crippen molar-refractivity contribution in [1.82, 2.24) is 5.32 Å². The van der Waals surface area contributed by atoms with Gasteiger partial charge in [-0.05, 0) is 55.4 Å². The molecule has 0 spiro atoms. The molecule has 4 rings (SSSR count). The third-order valence-electron chi connectivity index (χ3n) is 6.11. The third-order valence-corrected chi connectivity index (χ3v) is 6.54. The monoisotopic (exact) mass is 394 g/mol. The molecule has 1 heterocycles. The van der Waals surface area contributed by atoms with Crippen molar-refractivity contribution in [2.24, 2.45) is 10.9 Å². The minimum Gasteiger partial charge on any atom is -0.307 e. The van der Waals surface area contributed by atoms with Crippen LogP contribution < -0.4 is 5.32 Å². The zero-order chi connectivity index (χ0) is 19.7. The van der Waals surface area contributed by atoms with Crippen molar-refractivity contribution in [2.45, 2.75) is 58.0 Å². The molecule has 1 aliphatic heterocycles. The first-order valence-electron chi connectivity index (χ1n) is 10.2. The molecular formula is C24H27ClN2O. The predicted molar refractivity (Wildman–Crippen MR) is 116 cm³/mol. The Hall–Kier alpha value is -1.97. The summed E-state index contributed by atoms with van der Waals surface area (Å²) in [5.41, 5.74) is 5.65. The number of halogens is 1. The number of aryl methyl sites for hydroxylation is 1. The van der Waals surface area contributed by atoms with Gasteiger partial charge in [-0.2, -0.15) is 0 Å². The molecule has 0 aromatic heterocycles. The lowest BCUT2D eigenvalue weighted by Gasteiger charge is -2.19. The molecule has 2 aromatic carbocycles. The third kappa shape index (κ3) is 4.21. The fourth-order valence-corrected chi connectivity index (χ4v) is 4.36. The summed E-state index contributed by atoms with van der Waals surface area (Å²) in [6.07, 6.45) is 4.41. The molecule has 3 nitrogen and oxygen atoms in total. The fraction of sp³-hybridized carbons (Fsp3) is 0.417. The first-order chi connectivity index (χ1) is 13.5. The van der Waals surface area contributed by atoms with Crippen molar-refractivity contribution in [1.29, 1.82) is 0 Å². The summed E-state index contributed by atoms with van der Waals surface area (Å²) in [4.78, 5) is 16.8. The van der Waals surface area contributed by atoms with E-state index in [-0.39, 0.29) is 5.92 Å². The number of Topliss-reactive ketones (excluding diaryl/α,β-unsaturated/α-hetero) is 1. The Kier molecular flexibility index (Phi) is 5.65. The summed E-state index contributed by atoms with van der Waals surface area (Å²) in [5.74, 6) is 0.204. The van der Waals surface area contributed by atoms with Crippen LogP contribution >= 0.6 is 11.6 Å². The molecule has 1 saturated carbocycles. The summed E-state index contributed by atoms with van der Waals surface area (Å²) in [6.45, 7) is 4.13. The molecule has 3 unspecified atom stereocenters. The molecule has 0 radical (unpaired) electrons. The number of ketones is 1. The van der Waals surface area contributed by atoms with Crippen molar-refractivity contribution in [3.05, 3.63) is 64.2 Å². The predicted octanol–water partition coefficient (Wildman–Crippen LogP) is 5.24. The summed E-state index contributed by atoms with van der Waals surface area (Å²) in [6, 6.07) is 15.6. The van der Waals surface area contributed by atoms with Crippen molar-refractivity contribution in [2.75, 3.05) is 0 Å². The van der Waals surface area contributed by atoms with E-state index in [2.05, 4.69) is 42.6 Å². The van der Waals surface area contributed by atoms with E-state index >= 15 is 0 Å². The Bertz CT molecular complexity index is 921. The van der Waals surface area contributed by atoms with Gasteiger partial charge in [-0.1, -0.05) is 54.9 Å². The SMILES string of the molecule is Cc1ccccc1CC1NC1Cc1cccc(N=C2CCCC(=O)C2C)c1Cl. The molecular weight excluding hydrogens is 368 g/mol. The van der Waals surface area contributed by atoms with E-state index in [0.717, 1.165) is 47.7 Å². The normalized spacial score (nSPS) is 25.9. The summed E-state index contributed by atoms with van der Waals surface area (Å²) < 4.78 is 0. The van der Waals surface area contributed by atoms with Gasteiger partial charge in [-0.15, -0.1) is 0 Å². The van der Waals surface area contributed by atoms with Gasteiger partial charge in [0.25, 0.3) is 0 Å². The fourth-order valence-electron chi connectivity index (χ4n) is 4.12. The van der Waals surface area contributed by atoms with Crippen LogP contribution in [0.1, 0.15) is 42.9 Å². The highest BCUT2D eigenvalue weighted by Gasteiger charge is 2.36. The highest BCUT2D eigenvalue weighted by Crippen LogP contribution is 2.33. The molecule has 0 bridgehead atoms. The van der Waals surface area contributed by atoms with Gasteiger partial charge in [0.1, 0.15) is 5.78 Å². The first-order valence-corrected chi connectivity index (χ1v) is 10.6. The Morgan fingerprint density at radius 2 is 1.75 bits per heavy atom. The highest BCUT2D eigenvalue weighted by molar-refractivity contribution is 6.34. The summed E-state index contributed by atoms with van der Waals surface area (Å²) in [7, 11) is 0. The average Bonchev–Trinajstić information content (AvgIpc) is 3.41. The number of rotatable bonds is 5. The molecule has 2 aromatic rings. The molecule has 146 valence electrons. The summed E-state index contributed by atoms with van der Waals surface area (Å²) in [5, 5.41) is 4.32. The van der Waals surface area contributed by atoms with Gasteiger partial charge in [0.15, 0.2) is 0 Å². The van der Waals surface area contributed by atoms with E-state index in [4.69, 9.17) is 16.6 Å². The Labute approximate surface area is 172 Å². The maximum Gasteiger partial charge on any atom is 0.141 e. The Balaban J connectivity index is 1.45. The number of carbonyl (C=O) groups excluding carboxylic acids is 1. The maximum atomic E-state index is 12.0. The number of hydrogen-bond acceptors (Lipinski definition) is 3. The van der Waals surface area contributed by atoms with Crippen LogP contribution in [-0.4, -0.2) is 23.6 Å². The van der Waals surface area contributed by atoms with Crippen LogP contribution in [0.3, 0.4) is 0 Å². The zero-order valence-electron chi connectivity index (χ0n) is 16.5. The van der Waals surface area contributed by atoms with E-state index in [0.29, 0.717) is 24.3 Å². The van der Waals surface area contributed by atoms with Crippen LogP contribution in [0, 0.1) is 12.8 Å². The van der Waals surface area contributed by atoms with Gasteiger partial charge in [0.05, 0.1) is 16.6 Å². The molecule has 0 amide bonds. The molecule has 28 heavy (non-hydrogen) atoms. The summed E-state index contributed by atoms with van der Waals surface area (Å²) >= 11 is 6.70. The molecule has 4 heteroatoms. The second-order valence-electron chi connectivity index (χ2n) is 8.11. The Morgan fingerprint density at radius 3 is 2.54 bits per heavy atom. The highest BCUT2D eigenvalue weighted by atomic mass is 35.5. The van der Waals surface area contributed by atoms with Gasteiger partial charge < -0.3 is 5.32 Å². The Morgan fingerprint density at radius 1 is 1.04 bits per heavy atom. The molecule has 2 fully saturated rings. The van der Waals surface area contributed by atoms with Crippen LogP contribution in [0.2, 0.25) is 5.02 Å². The van der Waals surface area contributed by atoms with Crippen molar-refractivity contribution < 1.29 is 4.79 Å². The van der Waals surface area contributed by atoms with Gasteiger partial charge in [0.2, 0.25) is 0 Å². The topological polar surface area (TPSA) is 51.4 Å². The quantitative estimate of drug-likeness (QED) is 0.705. The van der Waals surface area contributed by atoms with Gasteiger partial charge in [-0.3, -0.25) is 9.79 Å². The minimum atomic E-state index is -0.0861. The lowest BCUT2D eigenvalue weighted by Crippen LogP contribution is -2.25. The molecule has 1 N–H and O–H groups in total. The largest absolute Gasteiger partial charge is 0.307 e. The smallest absolute Gasteiger partial charge is 0.141 e. The van der Waals surface area contributed by atoms with Gasteiger partial charge >= 0.3 is 0 Å². The van der Waals surface area contributed by atoms with Crippen molar-refractivity contribution in [3.63, 3.8) is 0 Å². The number of hydrogen-bond donors (Lipinski definition) is 1. The number of carbonyl (C=O) groups is 1. The van der Waals surface area contributed by atoms with Crippen molar-refractivity contribution in [3.8, 4) is 0 Å². The molecule has 3 atom stereocenters. The standard InChI is InChI=1S/C24H27ClN2O/c1-15-7-3-4-8-17(15)13-21-22(27-21)14-18-9-5-11-20(24(18)25)26-19-10-6-12-23(28)16(19)2/h3-5,7-9,11,16,21-22,27H,6,10,12-14H2,1-2H3. The van der Waals surface area contributed by atoms with Crippen LogP contribution in [-0.2, 0) is 17.6 Å². The lowest BCUT2D eigenvalue weighted by atomic mass is 9.87. The van der Waals surface area contributed by atoms with Crippen LogP contribution in [0.4, 0.5) is 5.69 Å². The molecule has 1 aliphatic carbocycles. The number of nitrogens with zero attached hydrogens (tertiary/aromatic N) is 1. The van der Waals surface area contributed by atoms with E-state index in [9.17, 15) is 4.79 Å². The molecule has 1 saturated heterocycles. The van der Waals surface area contributed by atoms with E-state index in [1.807, 2.05) is 19.1 Å². The second kappa shape index (κ2) is 8.18. The van der Waals surface area contributed by atoms with Crippen LogP contribution in [0.15, 0.2) is 47.5 Å². The minimum absolute atomic E-state index is 0.0861. The van der Waals surface area contributed by atoms with Crippen LogP contribution in [0.25, 0.3) is 0 Å². The maximum absolute atomic E-state index is 12.0. The van der Waals surface area contributed by atoms with E-state index in [1.165, 1.54) is 11.1 Å². The van der Waals surface area contributed by atoms with Gasteiger partial charge in [0, 0.05) is 24.2 Å². The molecule has 2 aliphatic rings. The van der Waals surface area contributed by atoms with E-state index < -0.39 is 0 Å². The van der Waals surface area contributed by atoms with Gasteiger partial charge in [-0.25, -0.2) is 0 Å². The number of aliphatic imine (C=N–C) groups is 1. The van der Waals surface area contributed by atoms with E-state index in [1.54, 1.807) is 0 Å². The first kappa shape index (κ1) is 19.4. The zero-order valence-corrected chi connectivity index (χ0v) is 17.3. The lowest BCUT2D eigenvalue weighted by molar-refractivity contribution is -0.121.